The van der Waals surface area contributed by atoms with Crippen LogP contribution in [0.25, 0.3) is 0 Å². The van der Waals surface area contributed by atoms with Gasteiger partial charge in [0.25, 0.3) is 0 Å². The van der Waals surface area contributed by atoms with Crippen LogP contribution < -0.4 is 4.74 Å². The van der Waals surface area contributed by atoms with Gasteiger partial charge in [-0.1, -0.05) is 17.7 Å². The Bertz CT molecular complexity index is 495. The molecular formula is C18H26O4. The molecule has 0 aliphatic carbocycles. The summed E-state index contributed by atoms with van der Waals surface area (Å²) in [7, 11) is 0. The molecule has 122 valence electrons. The Hall–Kier alpha value is -1.39. The van der Waals surface area contributed by atoms with Crippen molar-refractivity contribution in [2.24, 2.45) is 0 Å². The van der Waals surface area contributed by atoms with Crippen LogP contribution in [0.2, 0.25) is 0 Å². The third kappa shape index (κ3) is 4.55. The lowest BCUT2D eigenvalue weighted by atomic mass is 10.1. The number of hydrogen-bond donors (Lipinski definition) is 0. The average molecular weight is 306 g/mol. The van der Waals surface area contributed by atoms with Crippen molar-refractivity contribution in [3.05, 3.63) is 28.8 Å². The van der Waals surface area contributed by atoms with Gasteiger partial charge in [-0.25, -0.2) is 4.79 Å². The summed E-state index contributed by atoms with van der Waals surface area (Å²) in [5.41, 5.74) is 3.09. The normalized spacial score (nSPS) is 19.7. The lowest BCUT2D eigenvalue weighted by Crippen LogP contribution is -2.32. The number of rotatable bonds is 5. The third-order valence-electron chi connectivity index (χ3n) is 3.95. The zero-order valence-electron chi connectivity index (χ0n) is 14.0. The minimum atomic E-state index is -0.592. The molecule has 4 nitrogen and oxygen atoms in total. The zero-order chi connectivity index (χ0) is 16.1. The summed E-state index contributed by atoms with van der Waals surface area (Å²) in [5, 5.41) is 0. The van der Waals surface area contributed by atoms with E-state index in [-0.39, 0.29) is 12.1 Å². The molecule has 1 aromatic rings. The van der Waals surface area contributed by atoms with Crippen molar-refractivity contribution in [3.63, 3.8) is 0 Å². The van der Waals surface area contributed by atoms with Gasteiger partial charge >= 0.3 is 5.97 Å². The number of ether oxygens (including phenoxy) is 3. The first kappa shape index (κ1) is 17.0. The van der Waals surface area contributed by atoms with Crippen molar-refractivity contribution in [2.75, 3.05) is 13.2 Å². The predicted molar refractivity (Wildman–Crippen MR) is 85.3 cm³/mol. The van der Waals surface area contributed by atoms with E-state index in [9.17, 15) is 4.79 Å². The van der Waals surface area contributed by atoms with Gasteiger partial charge in [0.1, 0.15) is 5.75 Å². The highest BCUT2D eigenvalue weighted by atomic mass is 16.6. The van der Waals surface area contributed by atoms with E-state index in [0.717, 1.165) is 42.6 Å². The van der Waals surface area contributed by atoms with E-state index in [1.54, 1.807) is 6.92 Å². The Morgan fingerprint density at radius 3 is 2.55 bits per heavy atom. The van der Waals surface area contributed by atoms with Crippen LogP contribution in [0.1, 0.15) is 42.9 Å². The smallest absolute Gasteiger partial charge is 0.340 e. The largest absolute Gasteiger partial charge is 0.424 e. The van der Waals surface area contributed by atoms with E-state index in [1.165, 1.54) is 0 Å². The van der Waals surface area contributed by atoms with Crippen molar-refractivity contribution in [2.45, 2.75) is 59.2 Å². The molecule has 1 fully saturated rings. The first-order valence-corrected chi connectivity index (χ1v) is 8.00. The maximum Gasteiger partial charge on any atom is 0.340 e. The second kappa shape index (κ2) is 7.75. The molecule has 1 aliphatic rings. The van der Waals surface area contributed by atoms with E-state index < -0.39 is 6.10 Å². The second-order valence-corrected chi connectivity index (χ2v) is 6.11. The minimum absolute atomic E-state index is 0.104. The Labute approximate surface area is 132 Å². The van der Waals surface area contributed by atoms with Crippen molar-refractivity contribution in [3.8, 4) is 5.75 Å². The van der Waals surface area contributed by atoms with Gasteiger partial charge in [0.2, 0.25) is 0 Å². The van der Waals surface area contributed by atoms with Crippen LogP contribution in [0.5, 0.6) is 5.75 Å². The molecule has 1 heterocycles. The summed E-state index contributed by atoms with van der Waals surface area (Å²) >= 11 is 0. The molecular weight excluding hydrogens is 280 g/mol. The third-order valence-corrected chi connectivity index (χ3v) is 3.95. The molecule has 0 amide bonds. The quantitative estimate of drug-likeness (QED) is 0.617. The highest BCUT2D eigenvalue weighted by Gasteiger charge is 2.21. The summed E-state index contributed by atoms with van der Waals surface area (Å²) in [6.07, 6.45) is 2.78. The molecule has 2 unspecified atom stereocenters. The van der Waals surface area contributed by atoms with Crippen LogP contribution in [0.15, 0.2) is 12.1 Å². The number of carbonyl (C=O) groups excluding carboxylic acids is 1. The van der Waals surface area contributed by atoms with Crippen molar-refractivity contribution < 1.29 is 19.0 Å². The van der Waals surface area contributed by atoms with Gasteiger partial charge in [-0.3, -0.25) is 0 Å². The molecule has 0 bridgehead atoms. The molecule has 0 saturated carbocycles. The molecule has 2 rings (SSSR count). The second-order valence-electron chi connectivity index (χ2n) is 6.11. The van der Waals surface area contributed by atoms with Gasteiger partial charge in [0, 0.05) is 6.61 Å². The van der Waals surface area contributed by atoms with E-state index in [1.807, 2.05) is 32.9 Å². The zero-order valence-corrected chi connectivity index (χ0v) is 14.0. The first-order valence-electron chi connectivity index (χ1n) is 8.00. The number of aryl methyl sites for hydroxylation is 3. The first-order chi connectivity index (χ1) is 10.5. The van der Waals surface area contributed by atoms with Crippen LogP contribution >= 0.6 is 0 Å². The van der Waals surface area contributed by atoms with Crippen LogP contribution in [0.4, 0.5) is 0 Å². The fraction of sp³-hybridized carbons (Fsp3) is 0.611. The van der Waals surface area contributed by atoms with E-state index >= 15 is 0 Å². The van der Waals surface area contributed by atoms with Gasteiger partial charge in [-0.15, -0.1) is 0 Å². The highest BCUT2D eigenvalue weighted by Crippen LogP contribution is 2.25. The number of carbonyl (C=O) groups is 1. The van der Waals surface area contributed by atoms with Crippen LogP contribution in [0.3, 0.4) is 0 Å². The van der Waals surface area contributed by atoms with Gasteiger partial charge in [-0.05, 0) is 58.1 Å². The van der Waals surface area contributed by atoms with E-state index in [0.29, 0.717) is 12.4 Å². The van der Waals surface area contributed by atoms with Crippen molar-refractivity contribution in [1.29, 1.82) is 0 Å². The Morgan fingerprint density at radius 2 is 1.95 bits per heavy atom. The number of hydrogen-bond acceptors (Lipinski definition) is 4. The van der Waals surface area contributed by atoms with Crippen molar-refractivity contribution >= 4 is 5.97 Å². The Kier molecular flexibility index (Phi) is 5.98. The maximum atomic E-state index is 12.2. The van der Waals surface area contributed by atoms with Crippen LogP contribution in [-0.2, 0) is 14.3 Å². The molecule has 1 aliphatic heterocycles. The Balaban J connectivity index is 1.88. The van der Waals surface area contributed by atoms with Crippen LogP contribution in [-0.4, -0.2) is 31.4 Å². The van der Waals surface area contributed by atoms with Gasteiger partial charge in [0.15, 0.2) is 6.10 Å². The monoisotopic (exact) mass is 306 g/mol. The standard InChI is InChI=1S/C18H26O4/c1-12-9-13(2)17(14(3)10-12)22-18(19)15(4)21-11-16-7-5-6-8-20-16/h9-10,15-16H,5-8,11H2,1-4H3. The number of esters is 1. The summed E-state index contributed by atoms with van der Waals surface area (Å²) in [5.74, 6) is 0.283. The minimum Gasteiger partial charge on any atom is -0.424 e. The lowest BCUT2D eigenvalue weighted by molar-refractivity contribution is -0.149. The molecule has 22 heavy (non-hydrogen) atoms. The lowest BCUT2D eigenvalue weighted by Gasteiger charge is -2.23. The van der Waals surface area contributed by atoms with Gasteiger partial charge in [0.05, 0.1) is 12.7 Å². The van der Waals surface area contributed by atoms with Gasteiger partial charge < -0.3 is 14.2 Å². The molecule has 0 radical (unpaired) electrons. The SMILES string of the molecule is Cc1cc(C)c(OC(=O)C(C)OCC2CCCCO2)c(C)c1. The molecule has 0 aromatic heterocycles. The van der Waals surface area contributed by atoms with Crippen molar-refractivity contribution in [1.82, 2.24) is 0 Å². The fourth-order valence-corrected chi connectivity index (χ4v) is 2.77. The molecule has 4 heteroatoms. The topological polar surface area (TPSA) is 44.8 Å². The summed E-state index contributed by atoms with van der Waals surface area (Å²) < 4.78 is 16.7. The summed E-state index contributed by atoms with van der Waals surface area (Å²) in [6.45, 7) is 8.89. The van der Waals surface area contributed by atoms with E-state index in [4.69, 9.17) is 14.2 Å². The fourth-order valence-electron chi connectivity index (χ4n) is 2.77. The molecule has 0 N–H and O–H groups in total. The van der Waals surface area contributed by atoms with E-state index in [2.05, 4.69) is 0 Å². The average Bonchev–Trinajstić information content (AvgIpc) is 2.49. The molecule has 1 aromatic carbocycles. The van der Waals surface area contributed by atoms with Gasteiger partial charge in [-0.2, -0.15) is 0 Å². The Morgan fingerprint density at radius 1 is 1.27 bits per heavy atom. The molecule has 1 saturated heterocycles. The molecule has 2 atom stereocenters. The highest BCUT2D eigenvalue weighted by molar-refractivity contribution is 5.77. The molecule has 0 spiro atoms. The summed E-state index contributed by atoms with van der Waals surface area (Å²) in [4.78, 5) is 12.2. The van der Waals surface area contributed by atoms with Crippen LogP contribution in [0, 0.1) is 20.8 Å². The summed E-state index contributed by atoms with van der Waals surface area (Å²) in [6, 6.07) is 4.02. The maximum absolute atomic E-state index is 12.2. The number of benzene rings is 1. The predicted octanol–water partition coefficient (Wildman–Crippen LogP) is 3.49.